The average Bonchev–Trinajstić information content (AvgIpc) is 2.97. The zero-order valence-corrected chi connectivity index (χ0v) is 22.3. The second-order valence-electron chi connectivity index (χ2n) is 9.79. The number of fused-ring (bicyclic) bond motifs is 1. The fraction of sp³-hybridized carbons (Fsp3) is 0.344. The third-order valence-electron chi connectivity index (χ3n) is 7.32. The lowest BCUT2D eigenvalue weighted by Gasteiger charge is -2.36. The summed E-state index contributed by atoms with van der Waals surface area (Å²) in [6.45, 7) is 7.67. The van der Waals surface area contributed by atoms with Crippen LogP contribution >= 0.6 is 0 Å². The van der Waals surface area contributed by atoms with Crippen LogP contribution in [0.2, 0.25) is 0 Å². The van der Waals surface area contributed by atoms with Crippen LogP contribution in [0.15, 0.2) is 82.0 Å². The summed E-state index contributed by atoms with van der Waals surface area (Å²) in [5.41, 5.74) is 3.20. The molecule has 0 atom stereocenters. The smallest absolute Gasteiger partial charge is 0.196 e. The molecule has 38 heavy (non-hydrogen) atoms. The molecule has 1 aromatic heterocycles. The number of hydrogen-bond acceptors (Lipinski definition) is 6. The van der Waals surface area contributed by atoms with E-state index in [0.29, 0.717) is 34.6 Å². The van der Waals surface area contributed by atoms with Crippen LogP contribution in [-0.2, 0) is 0 Å². The molecule has 1 aliphatic heterocycles. The second-order valence-corrected chi connectivity index (χ2v) is 9.79. The van der Waals surface area contributed by atoms with Gasteiger partial charge in [0.25, 0.3) is 0 Å². The molecule has 5 rings (SSSR count). The van der Waals surface area contributed by atoms with Gasteiger partial charge in [-0.05, 0) is 57.0 Å². The van der Waals surface area contributed by atoms with E-state index in [1.165, 1.54) is 5.69 Å². The molecule has 0 saturated carbocycles. The number of piperazine rings is 1. The van der Waals surface area contributed by atoms with Crippen LogP contribution in [-0.4, -0.2) is 51.3 Å². The lowest BCUT2D eigenvalue weighted by molar-refractivity contribution is 0.245. The monoisotopic (exact) mass is 512 g/mol. The number of unbranched alkanes of at least 4 members (excludes halogenated alkanes) is 2. The first-order chi connectivity index (χ1) is 18.7. The number of methoxy groups -OCH3 is 1. The molecule has 6 nitrogen and oxygen atoms in total. The first kappa shape index (κ1) is 25.9. The van der Waals surface area contributed by atoms with Crippen molar-refractivity contribution in [2.45, 2.75) is 26.2 Å². The summed E-state index contributed by atoms with van der Waals surface area (Å²) in [5, 5.41) is 0.562. The van der Waals surface area contributed by atoms with Gasteiger partial charge in [-0.1, -0.05) is 48.5 Å². The molecule has 1 saturated heterocycles. The van der Waals surface area contributed by atoms with Gasteiger partial charge in [-0.3, -0.25) is 9.69 Å². The molecule has 4 aromatic rings. The van der Waals surface area contributed by atoms with Crippen molar-refractivity contribution < 1.29 is 13.9 Å². The summed E-state index contributed by atoms with van der Waals surface area (Å²) in [6.07, 6.45) is 3.19. The van der Waals surface area contributed by atoms with Crippen LogP contribution in [0.25, 0.3) is 22.3 Å². The van der Waals surface area contributed by atoms with Crippen LogP contribution in [0.5, 0.6) is 11.5 Å². The molecule has 1 aliphatic rings. The van der Waals surface area contributed by atoms with Gasteiger partial charge in [0.15, 0.2) is 16.8 Å². The predicted octanol–water partition coefficient (Wildman–Crippen LogP) is 6.15. The van der Waals surface area contributed by atoms with Crippen molar-refractivity contribution in [2.75, 3.05) is 51.3 Å². The summed E-state index contributed by atoms with van der Waals surface area (Å²) < 4.78 is 17.9. The topological polar surface area (TPSA) is 55.2 Å². The average molecular weight is 513 g/mol. The number of ether oxygens (including phenoxy) is 2. The molecule has 0 radical (unpaired) electrons. The van der Waals surface area contributed by atoms with E-state index in [1.54, 1.807) is 7.11 Å². The van der Waals surface area contributed by atoms with Crippen molar-refractivity contribution in [2.24, 2.45) is 0 Å². The van der Waals surface area contributed by atoms with Gasteiger partial charge in [-0.2, -0.15) is 0 Å². The third-order valence-corrected chi connectivity index (χ3v) is 7.32. The van der Waals surface area contributed by atoms with Crippen LogP contribution in [0.1, 0.15) is 24.8 Å². The van der Waals surface area contributed by atoms with Crippen LogP contribution in [0.4, 0.5) is 5.69 Å². The van der Waals surface area contributed by atoms with Crippen LogP contribution in [0, 0.1) is 6.92 Å². The molecule has 198 valence electrons. The highest BCUT2D eigenvalue weighted by atomic mass is 16.5. The lowest BCUT2D eigenvalue weighted by atomic mass is 10.1. The Bertz CT molecular complexity index is 1410. The molecular weight excluding hydrogens is 476 g/mol. The van der Waals surface area contributed by atoms with Gasteiger partial charge < -0.3 is 18.8 Å². The van der Waals surface area contributed by atoms with Gasteiger partial charge in [0.1, 0.15) is 11.5 Å². The van der Waals surface area contributed by atoms with Gasteiger partial charge in [0.05, 0.1) is 24.8 Å². The van der Waals surface area contributed by atoms with E-state index in [9.17, 15) is 4.79 Å². The quantitative estimate of drug-likeness (QED) is 0.238. The SMILES string of the molecule is COc1ccccc1N1CCN(CCCCCOc2cccc3c(=O)c(C)c(-c4ccccc4)oc23)CC1. The van der Waals surface area contributed by atoms with Crippen LogP contribution in [0.3, 0.4) is 0 Å². The number of benzene rings is 3. The Balaban J connectivity index is 1.11. The van der Waals surface area contributed by atoms with E-state index >= 15 is 0 Å². The van der Waals surface area contributed by atoms with Crippen molar-refractivity contribution in [3.05, 3.63) is 88.6 Å². The standard InChI is InChI=1S/C32H36N2O4/c1-24-30(35)26-14-11-17-29(32(26)38-31(24)25-12-5-3-6-13-25)37-23-10-4-9-18-33-19-21-34(22-20-33)27-15-7-8-16-28(27)36-2/h3,5-8,11-17H,4,9-10,18-23H2,1-2H3. The van der Waals surface area contributed by atoms with Crippen molar-refractivity contribution in [1.29, 1.82) is 0 Å². The fourth-order valence-electron chi connectivity index (χ4n) is 5.16. The lowest BCUT2D eigenvalue weighted by Crippen LogP contribution is -2.46. The highest BCUT2D eigenvalue weighted by Crippen LogP contribution is 2.31. The van der Waals surface area contributed by atoms with Gasteiger partial charge in [-0.15, -0.1) is 0 Å². The van der Waals surface area contributed by atoms with E-state index < -0.39 is 0 Å². The summed E-state index contributed by atoms with van der Waals surface area (Å²) in [5.74, 6) is 2.17. The van der Waals surface area contributed by atoms with Crippen molar-refractivity contribution >= 4 is 16.7 Å². The minimum Gasteiger partial charge on any atom is -0.495 e. The van der Waals surface area contributed by atoms with E-state index in [2.05, 4.69) is 21.9 Å². The second kappa shape index (κ2) is 12.2. The summed E-state index contributed by atoms with van der Waals surface area (Å²) in [6, 6.07) is 23.6. The number of rotatable bonds is 10. The zero-order chi connectivity index (χ0) is 26.3. The summed E-state index contributed by atoms with van der Waals surface area (Å²) >= 11 is 0. The fourth-order valence-corrected chi connectivity index (χ4v) is 5.16. The Morgan fingerprint density at radius 3 is 2.34 bits per heavy atom. The normalized spacial score (nSPS) is 14.1. The minimum atomic E-state index is -0.0126. The molecule has 3 aromatic carbocycles. The maximum Gasteiger partial charge on any atom is 0.196 e. The summed E-state index contributed by atoms with van der Waals surface area (Å²) in [4.78, 5) is 18.0. The largest absolute Gasteiger partial charge is 0.495 e. The number of anilines is 1. The maximum absolute atomic E-state index is 13.0. The molecule has 0 unspecified atom stereocenters. The number of para-hydroxylation sites is 3. The minimum absolute atomic E-state index is 0.0126. The maximum atomic E-state index is 13.0. The Kier molecular flexibility index (Phi) is 8.29. The molecule has 6 heteroatoms. The molecule has 1 fully saturated rings. The Morgan fingerprint density at radius 1 is 0.816 bits per heavy atom. The van der Waals surface area contributed by atoms with Crippen molar-refractivity contribution in [1.82, 2.24) is 4.90 Å². The number of hydrogen-bond donors (Lipinski definition) is 0. The highest BCUT2D eigenvalue weighted by molar-refractivity contribution is 5.85. The molecule has 0 spiro atoms. The van der Waals surface area contributed by atoms with E-state index in [4.69, 9.17) is 13.9 Å². The Morgan fingerprint density at radius 2 is 1.55 bits per heavy atom. The van der Waals surface area contributed by atoms with E-state index in [-0.39, 0.29) is 5.43 Å². The molecule has 0 amide bonds. The molecule has 0 bridgehead atoms. The predicted molar refractivity (Wildman–Crippen MR) is 154 cm³/mol. The van der Waals surface area contributed by atoms with E-state index in [1.807, 2.05) is 67.6 Å². The van der Waals surface area contributed by atoms with Crippen molar-refractivity contribution in [3.63, 3.8) is 0 Å². The zero-order valence-electron chi connectivity index (χ0n) is 22.3. The third kappa shape index (κ3) is 5.70. The first-order valence-corrected chi connectivity index (χ1v) is 13.5. The van der Waals surface area contributed by atoms with Gasteiger partial charge >= 0.3 is 0 Å². The summed E-state index contributed by atoms with van der Waals surface area (Å²) in [7, 11) is 1.73. The Labute approximate surface area is 224 Å². The van der Waals surface area contributed by atoms with Gasteiger partial charge in [0.2, 0.25) is 0 Å². The van der Waals surface area contributed by atoms with Gasteiger partial charge in [-0.25, -0.2) is 0 Å². The van der Waals surface area contributed by atoms with Gasteiger partial charge in [0, 0.05) is 37.3 Å². The first-order valence-electron chi connectivity index (χ1n) is 13.5. The molecule has 0 aliphatic carbocycles. The molecule has 2 heterocycles. The van der Waals surface area contributed by atoms with Crippen molar-refractivity contribution in [3.8, 4) is 22.8 Å². The van der Waals surface area contributed by atoms with E-state index in [0.717, 1.165) is 63.3 Å². The highest BCUT2D eigenvalue weighted by Gasteiger charge is 2.19. The molecule has 0 N–H and O–H groups in total. The number of nitrogens with zero attached hydrogens (tertiary/aromatic N) is 2. The molecular formula is C32H36N2O4. The Hall–Kier alpha value is -3.77. The van der Waals surface area contributed by atoms with Crippen LogP contribution < -0.4 is 19.8 Å².